The van der Waals surface area contributed by atoms with Crippen LogP contribution in [0, 0.1) is 0 Å². The van der Waals surface area contributed by atoms with E-state index in [4.69, 9.17) is 21.7 Å². The third kappa shape index (κ3) is 4.74. The average molecular weight is 380 g/mol. The van der Waals surface area contributed by atoms with E-state index in [0.29, 0.717) is 17.2 Å². The summed E-state index contributed by atoms with van der Waals surface area (Å²) in [5.41, 5.74) is 1.62. The fourth-order valence-corrected chi connectivity index (χ4v) is 3.06. The monoisotopic (exact) mass is 380 g/mol. The molecule has 6 heteroatoms. The van der Waals surface area contributed by atoms with Gasteiger partial charge in [-0.2, -0.15) is 0 Å². The summed E-state index contributed by atoms with van der Waals surface area (Å²) in [6.07, 6.45) is 0.241. The Morgan fingerprint density at radius 2 is 1.63 bits per heavy atom. The third-order valence-electron chi connectivity index (χ3n) is 4.09. The van der Waals surface area contributed by atoms with E-state index < -0.39 is 0 Å². The molecule has 138 valence electrons. The summed E-state index contributed by atoms with van der Waals surface area (Å²) in [6, 6.07) is 19.2. The van der Waals surface area contributed by atoms with Crippen molar-refractivity contribution in [2.75, 3.05) is 19.5 Å². The molecule has 3 aromatic carbocycles. The van der Waals surface area contributed by atoms with E-state index in [9.17, 15) is 4.79 Å². The SMILES string of the molecule is COc1cc(NC(=S)NC(=O)Cc2cccc3ccccc23)cc(OC)c1. The quantitative estimate of drug-likeness (QED) is 0.657. The summed E-state index contributed by atoms with van der Waals surface area (Å²) < 4.78 is 10.5. The molecular weight excluding hydrogens is 360 g/mol. The highest BCUT2D eigenvalue weighted by Crippen LogP contribution is 2.25. The summed E-state index contributed by atoms with van der Waals surface area (Å²) in [5, 5.41) is 8.08. The Hall–Kier alpha value is -3.12. The number of fused-ring (bicyclic) bond motifs is 1. The highest BCUT2D eigenvalue weighted by molar-refractivity contribution is 7.80. The first-order valence-corrected chi connectivity index (χ1v) is 8.80. The minimum atomic E-state index is -0.182. The van der Waals surface area contributed by atoms with Gasteiger partial charge in [0.1, 0.15) is 11.5 Å². The van der Waals surface area contributed by atoms with E-state index >= 15 is 0 Å². The minimum absolute atomic E-state index is 0.182. The highest BCUT2D eigenvalue weighted by Gasteiger charge is 2.10. The Kier molecular flexibility index (Phi) is 5.88. The lowest BCUT2D eigenvalue weighted by atomic mass is 10.0. The minimum Gasteiger partial charge on any atom is -0.497 e. The van der Waals surface area contributed by atoms with Gasteiger partial charge in [0.25, 0.3) is 0 Å². The average Bonchev–Trinajstić information content (AvgIpc) is 2.67. The molecule has 3 rings (SSSR count). The largest absolute Gasteiger partial charge is 0.497 e. The molecule has 27 heavy (non-hydrogen) atoms. The number of amides is 1. The van der Waals surface area contributed by atoms with Crippen molar-refractivity contribution in [3.8, 4) is 11.5 Å². The van der Waals surface area contributed by atoms with Crippen LogP contribution in [0.2, 0.25) is 0 Å². The number of hydrogen-bond donors (Lipinski definition) is 2. The van der Waals surface area contributed by atoms with Gasteiger partial charge in [0.15, 0.2) is 5.11 Å². The number of ether oxygens (including phenoxy) is 2. The first-order valence-electron chi connectivity index (χ1n) is 8.39. The smallest absolute Gasteiger partial charge is 0.230 e. The van der Waals surface area contributed by atoms with Crippen molar-refractivity contribution in [3.63, 3.8) is 0 Å². The van der Waals surface area contributed by atoms with Gasteiger partial charge >= 0.3 is 0 Å². The van der Waals surface area contributed by atoms with E-state index in [-0.39, 0.29) is 17.4 Å². The van der Waals surface area contributed by atoms with Crippen LogP contribution >= 0.6 is 12.2 Å². The third-order valence-corrected chi connectivity index (χ3v) is 4.30. The molecule has 0 heterocycles. The summed E-state index contributed by atoms with van der Waals surface area (Å²) in [6.45, 7) is 0. The zero-order valence-corrected chi connectivity index (χ0v) is 15.9. The Bertz CT molecular complexity index is 961. The molecule has 0 fully saturated rings. The number of benzene rings is 3. The second-order valence-corrected chi connectivity index (χ2v) is 6.33. The summed E-state index contributed by atoms with van der Waals surface area (Å²) >= 11 is 5.26. The number of anilines is 1. The van der Waals surface area contributed by atoms with Crippen molar-refractivity contribution in [1.82, 2.24) is 5.32 Å². The first kappa shape index (κ1) is 18.7. The van der Waals surface area contributed by atoms with E-state index in [1.807, 2.05) is 42.5 Å². The first-order chi connectivity index (χ1) is 13.1. The van der Waals surface area contributed by atoms with Gasteiger partial charge in [0.2, 0.25) is 5.91 Å². The molecule has 0 aromatic heterocycles. The number of carbonyl (C=O) groups is 1. The molecule has 3 aromatic rings. The normalized spacial score (nSPS) is 10.3. The fourth-order valence-electron chi connectivity index (χ4n) is 2.83. The van der Waals surface area contributed by atoms with Crippen molar-refractivity contribution in [2.45, 2.75) is 6.42 Å². The van der Waals surface area contributed by atoms with E-state index in [1.165, 1.54) is 0 Å². The van der Waals surface area contributed by atoms with Crippen LogP contribution in [0.5, 0.6) is 11.5 Å². The van der Waals surface area contributed by atoms with E-state index in [0.717, 1.165) is 16.3 Å². The van der Waals surface area contributed by atoms with Crippen molar-refractivity contribution in [3.05, 3.63) is 66.2 Å². The molecular formula is C21H20N2O3S. The van der Waals surface area contributed by atoms with Crippen molar-refractivity contribution in [1.29, 1.82) is 0 Å². The zero-order chi connectivity index (χ0) is 19.2. The molecule has 1 amide bonds. The van der Waals surface area contributed by atoms with Crippen LogP contribution in [0.15, 0.2) is 60.7 Å². The maximum Gasteiger partial charge on any atom is 0.230 e. The van der Waals surface area contributed by atoms with Crippen LogP contribution in [0.4, 0.5) is 5.69 Å². The molecule has 0 saturated heterocycles. The number of nitrogens with one attached hydrogen (secondary N) is 2. The number of carbonyl (C=O) groups excluding carboxylic acids is 1. The topological polar surface area (TPSA) is 59.6 Å². The van der Waals surface area contributed by atoms with Crippen LogP contribution in [-0.2, 0) is 11.2 Å². The molecule has 0 bridgehead atoms. The van der Waals surface area contributed by atoms with Gasteiger partial charge in [-0.3, -0.25) is 4.79 Å². The number of hydrogen-bond acceptors (Lipinski definition) is 4. The molecule has 0 aliphatic rings. The summed E-state index contributed by atoms with van der Waals surface area (Å²) in [7, 11) is 3.14. The van der Waals surface area contributed by atoms with Gasteiger partial charge in [0, 0.05) is 23.9 Å². The van der Waals surface area contributed by atoms with Crippen molar-refractivity contribution in [2.24, 2.45) is 0 Å². The van der Waals surface area contributed by atoms with Gasteiger partial charge in [-0.1, -0.05) is 42.5 Å². The number of thiocarbonyl (C=S) groups is 1. The predicted octanol–water partition coefficient (Wildman–Crippen LogP) is 3.91. The van der Waals surface area contributed by atoms with Crippen molar-refractivity contribution >= 4 is 39.7 Å². The highest BCUT2D eigenvalue weighted by atomic mass is 32.1. The van der Waals surface area contributed by atoms with Crippen LogP contribution in [-0.4, -0.2) is 25.2 Å². The molecule has 0 unspecified atom stereocenters. The second-order valence-electron chi connectivity index (χ2n) is 5.92. The van der Waals surface area contributed by atoms with Gasteiger partial charge < -0.3 is 20.1 Å². The standard InChI is InChI=1S/C21H20N2O3S/c1-25-17-11-16(12-18(13-17)26-2)22-21(27)23-20(24)10-15-8-5-7-14-6-3-4-9-19(14)15/h3-9,11-13H,10H2,1-2H3,(H2,22,23,24,27). The van der Waals surface area contributed by atoms with E-state index in [2.05, 4.69) is 10.6 Å². The van der Waals surface area contributed by atoms with Crippen LogP contribution in [0.1, 0.15) is 5.56 Å². The predicted molar refractivity (Wildman–Crippen MR) is 112 cm³/mol. The molecule has 0 atom stereocenters. The van der Waals surface area contributed by atoms with Gasteiger partial charge in [-0.25, -0.2) is 0 Å². The Morgan fingerprint density at radius 1 is 0.963 bits per heavy atom. The molecule has 0 aliphatic carbocycles. The summed E-state index contributed by atoms with van der Waals surface area (Å²) in [5.74, 6) is 1.07. The number of rotatable bonds is 5. The van der Waals surface area contributed by atoms with Crippen LogP contribution in [0.25, 0.3) is 10.8 Å². The zero-order valence-electron chi connectivity index (χ0n) is 15.1. The summed E-state index contributed by atoms with van der Waals surface area (Å²) in [4.78, 5) is 12.4. The van der Waals surface area contributed by atoms with Crippen molar-refractivity contribution < 1.29 is 14.3 Å². The molecule has 2 N–H and O–H groups in total. The van der Waals surface area contributed by atoms with E-state index in [1.54, 1.807) is 32.4 Å². The fraction of sp³-hybridized carbons (Fsp3) is 0.143. The lowest BCUT2D eigenvalue weighted by Crippen LogP contribution is -2.35. The maximum atomic E-state index is 12.4. The lowest BCUT2D eigenvalue weighted by Gasteiger charge is -2.12. The Labute approximate surface area is 163 Å². The molecule has 0 saturated carbocycles. The van der Waals surface area contributed by atoms with Gasteiger partial charge in [-0.15, -0.1) is 0 Å². The van der Waals surface area contributed by atoms with Crippen LogP contribution in [0.3, 0.4) is 0 Å². The molecule has 0 radical (unpaired) electrons. The second kappa shape index (κ2) is 8.51. The molecule has 5 nitrogen and oxygen atoms in total. The lowest BCUT2D eigenvalue weighted by molar-refractivity contribution is -0.119. The Balaban J connectivity index is 1.66. The van der Waals surface area contributed by atoms with Gasteiger partial charge in [0.05, 0.1) is 20.6 Å². The molecule has 0 spiro atoms. The maximum absolute atomic E-state index is 12.4. The van der Waals surface area contributed by atoms with Gasteiger partial charge in [-0.05, 0) is 28.6 Å². The Morgan fingerprint density at radius 3 is 2.33 bits per heavy atom. The molecule has 0 aliphatic heterocycles. The van der Waals surface area contributed by atoms with Crippen LogP contribution < -0.4 is 20.1 Å². The number of methoxy groups -OCH3 is 2.